The maximum atomic E-state index is 12.3. The molecule has 0 bridgehead atoms. The molecule has 2 aromatic rings. The van der Waals surface area contributed by atoms with Crippen LogP contribution >= 0.6 is 22.9 Å². The molecule has 0 unspecified atom stereocenters. The minimum atomic E-state index is -3.56. The third-order valence-corrected chi connectivity index (χ3v) is 6.37. The molecule has 6 nitrogen and oxygen atoms in total. The van der Waals surface area contributed by atoms with E-state index in [1.165, 1.54) is 31.5 Å². The Morgan fingerprint density at radius 1 is 1.12 bits per heavy atom. The number of thiophene rings is 1. The molecule has 2 amide bonds. The van der Waals surface area contributed by atoms with Crippen molar-refractivity contribution in [3.05, 3.63) is 51.2 Å². The van der Waals surface area contributed by atoms with Crippen molar-refractivity contribution in [2.45, 2.75) is 18.0 Å². The van der Waals surface area contributed by atoms with Crippen molar-refractivity contribution in [1.29, 1.82) is 0 Å². The first-order valence-corrected chi connectivity index (χ1v) is 9.70. The van der Waals surface area contributed by atoms with Gasteiger partial charge in [-0.15, -0.1) is 11.3 Å². The predicted octanol–water partition coefficient (Wildman–Crippen LogP) is 2.65. The summed E-state index contributed by atoms with van der Waals surface area (Å²) >= 11 is 7.22. The number of amides is 2. The Bertz CT molecular complexity index is 819. The maximum Gasteiger partial charge on any atom is 0.315 e. The first-order valence-electron chi connectivity index (χ1n) is 7.07. The fourth-order valence-electron chi connectivity index (χ4n) is 1.95. The molecule has 0 saturated carbocycles. The van der Waals surface area contributed by atoms with Gasteiger partial charge in [-0.25, -0.2) is 17.5 Å². The second kappa shape index (κ2) is 7.98. The largest absolute Gasteiger partial charge is 0.334 e. The van der Waals surface area contributed by atoms with Crippen LogP contribution in [0, 0.1) is 0 Å². The Morgan fingerprint density at radius 3 is 2.42 bits per heavy atom. The second-order valence-electron chi connectivity index (χ2n) is 5.14. The Labute approximate surface area is 150 Å². The Morgan fingerprint density at radius 2 is 1.79 bits per heavy atom. The monoisotopic (exact) mass is 387 g/mol. The van der Waals surface area contributed by atoms with Gasteiger partial charge in [0.15, 0.2) is 0 Å². The minimum absolute atomic E-state index is 0.111. The molecular formula is C15H18ClN3O3S2. The summed E-state index contributed by atoms with van der Waals surface area (Å²) in [7, 11) is -0.618. The van der Waals surface area contributed by atoms with Gasteiger partial charge < -0.3 is 10.6 Å². The lowest BCUT2D eigenvalue weighted by Crippen LogP contribution is -2.35. The molecule has 0 aliphatic heterocycles. The molecule has 2 N–H and O–H groups in total. The molecule has 0 aliphatic carbocycles. The smallest absolute Gasteiger partial charge is 0.315 e. The summed E-state index contributed by atoms with van der Waals surface area (Å²) in [6.07, 6.45) is 0. The van der Waals surface area contributed by atoms with E-state index < -0.39 is 10.0 Å². The van der Waals surface area contributed by atoms with Crippen LogP contribution in [0.15, 0.2) is 41.3 Å². The summed E-state index contributed by atoms with van der Waals surface area (Å²) < 4.78 is 26.4. The SMILES string of the molecule is CN(C)S(=O)(=O)c1ccccc1CNC(=O)NCc1ccc(Cl)s1. The average molecular weight is 388 g/mol. The zero-order valence-electron chi connectivity index (χ0n) is 13.2. The lowest BCUT2D eigenvalue weighted by molar-refractivity contribution is 0.240. The van der Waals surface area contributed by atoms with Gasteiger partial charge in [-0.3, -0.25) is 0 Å². The van der Waals surface area contributed by atoms with Crippen LogP contribution < -0.4 is 10.6 Å². The Kier molecular flexibility index (Phi) is 6.22. The van der Waals surface area contributed by atoms with Crippen LogP contribution in [0.25, 0.3) is 0 Å². The first-order chi connectivity index (χ1) is 11.3. The fraction of sp³-hybridized carbons (Fsp3) is 0.267. The van der Waals surface area contributed by atoms with Crippen molar-refractivity contribution >= 4 is 39.0 Å². The van der Waals surface area contributed by atoms with Crippen molar-refractivity contribution in [3.8, 4) is 0 Å². The molecule has 24 heavy (non-hydrogen) atoms. The molecule has 0 atom stereocenters. The van der Waals surface area contributed by atoms with E-state index in [-0.39, 0.29) is 17.5 Å². The predicted molar refractivity (Wildman–Crippen MR) is 95.7 cm³/mol. The van der Waals surface area contributed by atoms with Crippen molar-refractivity contribution in [3.63, 3.8) is 0 Å². The Hall–Kier alpha value is -1.61. The first kappa shape index (κ1) is 18.7. The standard InChI is InChI=1S/C15H18ClN3O3S2/c1-19(2)24(21,22)13-6-4-3-5-11(13)9-17-15(20)18-10-12-7-8-14(16)23-12/h3-8H,9-10H2,1-2H3,(H2,17,18,20). The van der Waals surface area contributed by atoms with E-state index in [1.54, 1.807) is 24.3 Å². The van der Waals surface area contributed by atoms with Crippen LogP contribution in [0.4, 0.5) is 4.79 Å². The molecule has 0 spiro atoms. The molecule has 9 heteroatoms. The average Bonchev–Trinajstić information content (AvgIpc) is 2.96. The van der Waals surface area contributed by atoms with E-state index in [2.05, 4.69) is 10.6 Å². The Balaban J connectivity index is 1.98. The molecule has 1 heterocycles. The summed E-state index contributed by atoms with van der Waals surface area (Å²) in [4.78, 5) is 13.0. The van der Waals surface area contributed by atoms with Gasteiger partial charge in [0.25, 0.3) is 0 Å². The van der Waals surface area contributed by atoms with Gasteiger partial charge in [0.1, 0.15) is 0 Å². The molecule has 2 rings (SSSR count). The van der Waals surface area contributed by atoms with E-state index in [0.717, 1.165) is 9.18 Å². The number of urea groups is 1. The summed E-state index contributed by atoms with van der Waals surface area (Å²) in [6, 6.07) is 9.82. The number of halogens is 1. The highest BCUT2D eigenvalue weighted by Crippen LogP contribution is 2.21. The van der Waals surface area contributed by atoms with Crippen LogP contribution in [0.3, 0.4) is 0 Å². The number of hydrogen-bond acceptors (Lipinski definition) is 4. The minimum Gasteiger partial charge on any atom is -0.334 e. The van der Waals surface area contributed by atoms with Crippen molar-refractivity contribution in [2.75, 3.05) is 14.1 Å². The number of sulfonamides is 1. The molecule has 0 aliphatic rings. The van der Waals surface area contributed by atoms with Gasteiger partial charge in [0.2, 0.25) is 10.0 Å². The summed E-state index contributed by atoms with van der Waals surface area (Å²) in [5.41, 5.74) is 0.528. The topological polar surface area (TPSA) is 78.5 Å². The van der Waals surface area contributed by atoms with Crippen LogP contribution in [0.1, 0.15) is 10.4 Å². The second-order valence-corrected chi connectivity index (χ2v) is 9.06. The summed E-state index contributed by atoms with van der Waals surface area (Å²) in [5, 5.41) is 5.37. The number of nitrogens with zero attached hydrogens (tertiary/aromatic N) is 1. The maximum absolute atomic E-state index is 12.3. The van der Waals surface area contributed by atoms with Crippen LogP contribution in [0.5, 0.6) is 0 Å². The van der Waals surface area contributed by atoms with E-state index in [9.17, 15) is 13.2 Å². The molecular weight excluding hydrogens is 370 g/mol. The third kappa shape index (κ3) is 4.70. The van der Waals surface area contributed by atoms with E-state index >= 15 is 0 Å². The highest BCUT2D eigenvalue weighted by Gasteiger charge is 2.20. The number of benzene rings is 1. The fourth-order valence-corrected chi connectivity index (χ4v) is 4.09. The normalized spacial score (nSPS) is 11.5. The molecule has 130 valence electrons. The highest BCUT2D eigenvalue weighted by molar-refractivity contribution is 7.89. The van der Waals surface area contributed by atoms with Gasteiger partial charge >= 0.3 is 6.03 Å². The lowest BCUT2D eigenvalue weighted by Gasteiger charge is -2.15. The van der Waals surface area contributed by atoms with Gasteiger partial charge in [0.05, 0.1) is 15.8 Å². The van der Waals surface area contributed by atoms with E-state index in [4.69, 9.17) is 11.6 Å². The van der Waals surface area contributed by atoms with Gasteiger partial charge in [0, 0.05) is 25.5 Å². The van der Waals surface area contributed by atoms with Crippen LogP contribution in [-0.2, 0) is 23.1 Å². The summed E-state index contributed by atoms with van der Waals surface area (Å²) in [6.45, 7) is 0.473. The zero-order valence-corrected chi connectivity index (χ0v) is 15.6. The molecule has 0 saturated heterocycles. The van der Waals surface area contributed by atoms with Gasteiger partial charge in [-0.1, -0.05) is 29.8 Å². The van der Waals surface area contributed by atoms with Crippen LogP contribution in [0.2, 0.25) is 4.34 Å². The number of hydrogen-bond donors (Lipinski definition) is 2. The summed E-state index contributed by atoms with van der Waals surface area (Å²) in [5.74, 6) is 0. The number of carbonyl (C=O) groups is 1. The lowest BCUT2D eigenvalue weighted by atomic mass is 10.2. The van der Waals surface area contributed by atoms with Gasteiger partial charge in [-0.2, -0.15) is 0 Å². The number of carbonyl (C=O) groups excluding carboxylic acids is 1. The molecule has 0 fully saturated rings. The molecule has 0 radical (unpaired) electrons. The van der Waals surface area contributed by atoms with E-state index in [0.29, 0.717) is 16.4 Å². The van der Waals surface area contributed by atoms with Crippen LogP contribution in [-0.4, -0.2) is 32.8 Å². The van der Waals surface area contributed by atoms with Crippen molar-refractivity contribution < 1.29 is 13.2 Å². The van der Waals surface area contributed by atoms with Crippen molar-refractivity contribution in [2.24, 2.45) is 0 Å². The zero-order chi connectivity index (χ0) is 17.7. The highest BCUT2D eigenvalue weighted by atomic mass is 35.5. The quantitative estimate of drug-likeness (QED) is 0.799. The van der Waals surface area contributed by atoms with Gasteiger partial charge in [-0.05, 0) is 23.8 Å². The van der Waals surface area contributed by atoms with Crippen molar-refractivity contribution in [1.82, 2.24) is 14.9 Å². The number of rotatable bonds is 6. The molecule has 1 aromatic carbocycles. The third-order valence-electron chi connectivity index (χ3n) is 3.22. The number of nitrogens with one attached hydrogen (secondary N) is 2. The van der Waals surface area contributed by atoms with E-state index in [1.807, 2.05) is 6.07 Å². The molecule has 1 aromatic heterocycles.